The molecule has 0 aromatic rings. The monoisotopic (exact) mass is 318 g/mol. The largest absolute Gasteiger partial charge is 0.396 e. The van der Waals surface area contributed by atoms with Gasteiger partial charge in [-0.2, -0.15) is 47.9 Å². The van der Waals surface area contributed by atoms with Crippen LogP contribution in [-0.2, 0) is 0 Å². The minimum absolute atomic E-state index is 0.160. The molecule has 17 heavy (non-hydrogen) atoms. The topological polar surface area (TPSA) is 60.7 Å². The Balaban J connectivity index is 3.61. The third-order valence-corrected chi connectivity index (χ3v) is 6.72. The molecule has 2 unspecified atom stereocenters. The molecule has 7 heteroatoms. The summed E-state index contributed by atoms with van der Waals surface area (Å²) in [5, 5.41) is 27.3. The summed E-state index contributed by atoms with van der Waals surface area (Å²) in [5.41, 5.74) is 0. The zero-order valence-electron chi connectivity index (χ0n) is 9.83. The lowest BCUT2D eigenvalue weighted by atomic mass is 10.5. The van der Waals surface area contributed by atoms with Crippen LogP contribution in [0.5, 0.6) is 0 Å². The highest BCUT2D eigenvalue weighted by Gasteiger charge is 2.11. The average molecular weight is 319 g/mol. The molecule has 0 aromatic heterocycles. The molecule has 0 amide bonds. The molecular formula is C10H22O3S4. The molecule has 0 spiro atoms. The summed E-state index contributed by atoms with van der Waals surface area (Å²) in [6.07, 6.45) is 0. The summed E-state index contributed by atoms with van der Waals surface area (Å²) < 4.78 is 0. The van der Waals surface area contributed by atoms with Crippen LogP contribution in [0.25, 0.3) is 0 Å². The summed E-state index contributed by atoms with van der Waals surface area (Å²) in [6.45, 7) is 0.537. The first-order valence-corrected chi connectivity index (χ1v) is 9.41. The Morgan fingerprint density at radius 1 is 0.882 bits per heavy atom. The van der Waals surface area contributed by atoms with Crippen molar-refractivity contribution in [1.82, 2.24) is 0 Å². The minimum atomic E-state index is 0.160. The van der Waals surface area contributed by atoms with Gasteiger partial charge in [0.2, 0.25) is 0 Å². The molecule has 3 nitrogen and oxygen atoms in total. The van der Waals surface area contributed by atoms with Crippen molar-refractivity contribution in [2.75, 3.05) is 48.6 Å². The molecule has 3 N–H and O–H groups in total. The van der Waals surface area contributed by atoms with Crippen LogP contribution >= 0.6 is 47.9 Å². The van der Waals surface area contributed by atoms with Crippen molar-refractivity contribution in [3.8, 4) is 0 Å². The van der Waals surface area contributed by atoms with Crippen LogP contribution in [-0.4, -0.2) is 74.4 Å². The van der Waals surface area contributed by atoms with Crippen LogP contribution < -0.4 is 0 Å². The van der Waals surface area contributed by atoms with E-state index in [9.17, 15) is 0 Å². The highest BCUT2D eigenvalue weighted by molar-refractivity contribution is 8.05. The molecule has 0 saturated heterocycles. The molecule has 0 bridgehead atoms. The fourth-order valence-electron chi connectivity index (χ4n) is 1.08. The number of rotatable bonds is 12. The number of hydrogen-bond acceptors (Lipinski definition) is 7. The Labute approximate surface area is 122 Å². The summed E-state index contributed by atoms with van der Waals surface area (Å²) in [5.74, 6) is 4.14. The maximum atomic E-state index is 9.15. The predicted octanol–water partition coefficient (Wildman–Crippen LogP) is 0.830. The summed E-state index contributed by atoms with van der Waals surface area (Å²) in [4.78, 5) is 0. The smallest absolute Gasteiger partial charge is 0.0558 e. The quantitative estimate of drug-likeness (QED) is 0.400. The SMILES string of the molecule is OCCSC(CO)CSCC(CS)SCCO. The lowest BCUT2D eigenvalue weighted by Crippen LogP contribution is -2.16. The van der Waals surface area contributed by atoms with Crippen LogP contribution in [0, 0.1) is 0 Å². The van der Waals surface area contributed by atoms with E-state index < -0.39 is 0 Å². The number of hydrogen-bond donors (Lipinski definition) is 4. The number of thiol groups is 1. The molecule has 0 heterocycles. The first kappa shape index (κ1) is 18.3. The summed E-state index contributed by atoms with van der Waals surface area (Å²) >= 11 is 9.45. The van der Waals surface area contributed by atoms with Gasteiger partial charge in [0.15, 0.2) is 0 Å². The van der Waals surface area contributed by atoms with E-state index in [-0.39, 0.29) is 25.1 Å². The van der Waals surface area contributed by atoms with Gasteiger partial charge in [0.25, 0.3) is 0 Å². The second kappa shape index (κ2) is 13.7. The summed E-state index contributed by atoms with van der Waals surface area (Å²) in [6, 6.07) is 0. The lowest BCUT2D eigenvalue weighted by Gasteiger charge is -2.16. The molecule has 0 aliphatic rings. The van der Waals surface area contributed by atoms with Gasteiger partial charge >= 0.3 is 0 Å². The zero-order chi connectivity index (χ0) is 12.9. The van der Waals surface area contributed by atoms with Crippen molar-refractivity contribution in [1.29, 1.82) is 0 Å². The van der Waals surface area contributed by atoms with Crippen molar-refractivity contribution in [3.05, 3.63) is 0 Å². The number of aliphatic hydroxyl groups excluding tert-OH is 3. The maximum Gasteiger partial charge on any atom is 0.0558 e. The molecule has 0 radical (unpaired) electrons. The van der Waals surface area contributed by atoms with Crippen LogP contribution in [0.3, 0.4) is 0 Å². The molecule has 104 valence electrons. The standard InChI is InChI=1S/C10H22O3S4/c11-1-3-16-9(5-13)7-15-8-10(6-14)17-4-2-12/h9-14H,1-8H2. The van der Waals surface area contributed by atoms with Crippen molar-refractivity contribution in [2.45, 2.75) is 10.5 Å². The normalized spacial score (nSPS) is 14.8. The molecule has 0 aliphatic carbocycles. The van der Waals surface area contributed by atoms with Gasteiger partial charge in [-0.25, -0.2) is 0 Å². The summed E-state index contributed by atoms with van der Waals surface area (Å²) in [7, 11) is 0. The number of aliphatic hydroxyl groups is 3. The Morgan fingerprint density at radius 3 is 1.88 bits per heavy atom. The predicted molar refractivity (Wildman–Crippen MR) is 84.9 cm³/mol. The second-order valence-corrected chi connectivity index (χ2v) is 7.59. The van der Waals surface area contributed by atoms with Crippen LogP contribution in [0.1, 0.15) is 0 Å². The van der Waals surface area contributed by atoms with Gasteiger partial charge in [0, 0.05) is 39.3 Å². The first-order chi connectivity index (χ1) is 8.28. The zero-order valence-corrected chi connectivity index (χ0v) is 13.2. The first-order valence-electron chi connectivity index (χ1n) is 5.52. The maximum absolute atomic E-state index is 9.15. The van der Waals surface area contributed by atoms with Gasteiger partial charge in [0.05, 0.1) is 19.8 Å². The molecule has 0 saturated carbocycles. The highest BCUT2D eigenvalue weighted by atomic mass is 32.2. The Kier molecular flexibility index (Phi) is 14.7. The fourth-order valence-corrected chi connectivity index (χ4v) is 5.02. The van der Waals surface area contributed by atoms with E-state index in [1.165, 1.54) is 0 Å². The Hall–Kier alpha value is 1.28. The van der Waals surface area contributed by atoms with E-state index in [0.717, 1.165) is 23.0 Å². The molecule has 0 fully saturated rings. The van der Waals surface area contributed by atoms with Gasteiger partial charge in [-0.3, -0.25) is 0 Å². The van der Waals surface area contributed by atoms with E-state index in [0.29, 0.717) is 11.0 Å². The molecule has 0 aromatic carbocycles. The molecule has 0 rings (SSSR count). The Bertz CT molecular complexity index is 146. The van der Waals surface area contributed by atoms with Gasteiger partial charge in [-0.05, 0) is 0 Å². The minimum Gasteiger partial charge on any atom is -0.396 e. The van der Waals surface area contributed by atoms with Gasteiger partial charge in [-0.15, -0.1) is 0 Å². The van der Waals surface area contributed by atoms with Crippen molar-refractivity contribution in [3.63, 3.8) is 0 Å². The van der Waals surface area contributed by atoms with Crippen LogP contribution in [0.15, 0.2) is 0 Å². The average Bonchev–Trinajstić information content (AvgIpc) is 2.37. The second-order valence-electron chi connectivity index (χ2n) is 3.34. The van der Waals surface area contributed by atoms with Gasteiger partial charge < -0.3 is 15.3 Å². The molecule has 0 aliphatic heterocycles. The fraction of sp³-hybridized carbons (Fsp3) is 1.00. The van der Waals surface area contributed by atoms with Gasteiger partial charge in [-0.1, -0.05) is 0 Å². The number of thioether (sulfide) groups is 3. The Morgan fingerprint density at radius 2 is 1.41 bits per heavy atom. The van der Waals surface area contributed by atoms with E-state index in [1.54, 1.807) is 35.3 Å². The van der Waals surface area contributed by atoms with Crippen molar-refractivity contribution >= 4 is 47.9 Å². The van der Waals surface area contributed by atoms with Crippen LogP contribution in [0.4, 0.5) is 0 Å². The highest BCUT2D eigenvalue weighted by Crippen LogP contribution is 2.21. The van der Waals surface area contributed by atoms with E-state index in [1.807, 2.05) is 0 Å². The van der Waals surface area contributed by atoms with Crippen molar-refractivity contribution < 1.29 is 15.3 Å². The van der Waals surface area contributed by atoms with E-state index in [4.69, 9.17) is 15.3 Å². The third-order valence-electron chi connectivity index (χ3n) is 1.90. The van der Waals surface area contributed by atoms with Gasteiger partial charge in [0.1, 0.15) is 0 Å². The van der Waals surface area contributed by atoms with E-state index in [2.05, 4.69) is 12.6 Å². The molecular weight excluding hydrogens is 296 g/mol. The lowest BCUT2D eigenvalue weighted by molar-refractivity contribution is 0.299. The van der Waals surface area contributed by atoms with E-state index >= 15 is 0 Å². The third kappa shape index (κ3) is 10.9. The molecule has 2 atom stereocenters. The van der Waals surface area contributed by atoms with Crippen molar-refractivity contribution in [2.24, 2.45) is 0 Å². The van der Waals surface area contributed by atoms with Crippen LogP contribution in [0.2, 0.25) is 0 Å².